The van der Waals surface area contributed by atoms with Gasteiger partial charge in [-0.1, -0.05) is 13.8 Å². The highest BCUT2D eigenvalue weighted by molar-refractivity contribution is 5.78. The van der Waals surface area contributed by atoms with E-state index < -0.39 is 0 Å². The Hall–Kier alpha value is -0.610. The van der Waals surface area contributed by atoms with Crippen LogP contribution in [0.5, 0.6) is 0 Å². The van der Waals surface area contributed by atoms with Crippen LogP contribution in [0.1, 0.15) is 26.7 Å². The summed E-state index contributed by atoms with van der Waals surface area (Å²) < 4.78 is 0. The van der Waals surface area contributed by atoms with Gasteiger partial charge in [-0.2, -0.15) is 0 Å². The lowest BCUT2D eigenvalue weighted by Crippen LogP contribution is -2.50. The van der Waals surface area contributed by atoms with Crippen molar-refractivity contribution in [1.82, 2.24) is 10.6 Å². The summed E-state index contributed by atoms with van der Waals surface area (Å²) in [6, 6.07) is 0.355. The van der Waals surface area contributed by atoms with Gasteiger partial charge in [-0.25, -0.2) is 0 Å². The molecule has 0 unspecified atom stereocenters. The third kappa shape index (κ3) is 3.64. The molecule has 1 aliphatic carbocycles. The second kappa shape index (κ2) is 4.75. The fourth-order valence-electron chi connectivity index (χ4n) is 1.94. The molecule has 4 nitrogen and oxygen atoms in total. The van der Waals surface area contributed by atoms with Crippen LogP contribution in [0.25, 0.3) is 0 Å². The van der Waals surface area contributed by atoms with Crippen LogP contribution in [0.2, 0.25) is 0 Å². The summed E-state index contributed by atoms with van der Waals surface area (Å²) in [5.41, 5.74) is 0.399. The number of carbonyl (C=O) groups excluding carboxylic acids is 1. The maximum absolute atomic E-state index is 11.3. The number of nitrogens with one attached hydrogen (secondary N) is 2. The van der Waals surface area contributed by atoms with E-state index in [9.17, 15) is 4.79 Å². The minimum absolute atomic E-state index is 0.0268. The summed E-state index contributed by atoms with van der Waals surface area (Å²) >= 11 is 0. The zero-order valence-corrected chi connectivity index (χ0v) is 8.97. The normalized spacial score (nSPS) is 20.2. The molecule has 82 valence electrons. The number of hydrogen-bond acceptors (Lipinski definition) is 3. The highest BCUT2D eigenvalue weighted by atomic mass is 16.3. The molecule has 0 bridgehead atoms. The largest absolute Gasteiger partial charge is 0.395 e. The van der Waals surface area contributed by atoms with Crippen LogP contribution >= 0.6 is 0 Å². The fourth-order valence-corrected chi connectivity index (χ4v) is 1.94. The van der Waals surface area contributed by atoms with Crippen LogP contribution < -0.4 is 10.6 Å². The first-order valence-corrected chi connectivity index (χ1v) is 5.14. The molecule has 0 aromatic carbocycles. The second-order valence-corrected chi connectivity index (χ2v) is 4.74. The van der Waals surface area contributed by atoms with Crippen molar-refractivity contribution in [2.24, 2.45) is 5.41 Å². The average molecular weight is 200 g/mol. The van der Waals surface area contributed by atoms with Crippen LogP contribution in [-0.4, -0.2) is 36.8 Å². The number of aliphatic hydroxyl groups excluding tert-OH is 1. The van der Waals surface area contributed by atoms with Gasteiger partial charge in [-0.15, -0.1) is 0 Å². The van der Waals surface area contributed by atoms with E-state index in [-0.39, 0.29) is 12.5 Å². The first-order valence-electron chi connectivity index (χ1n) is 5.14. The van der Waals surface area contributed by atoms with Crippen molar-refractivity contribution in [3.05, 3.63) is 0 Å². The van der Waals surface area contributed by atoms with Crippen LogP contribution in [0.15, 0.2) is 0 Å². The third-order valence-electron chi connectivity index (χ3n) is 2.54. The van der Waals surface area contributed by atoms with Gasteiger partial charge < -0.3 is 15.7 Å². The number of hydrogen-bond donors (Lipinski definition) is 3. The molecule has 4 heteroatoms. The molecule has 0 aromatic rings. The molecule has 1 fully saturated rings. The van der Waals surface area contributed by atoms with Gasteiger partial charge >= 0.3 is 0 Å². The number of aliphatic hydroxyl groups is 1. The minimum Gasteiger partial charge on any atom is -0.395 e. The Morgan fingerprint density at radius 3 is 2.64 bits per heavy atom. The monoisotopic (exact) mass is 200 g/mol. The van der Waals surface area contributed by atoms with Gasteiger partial charge in [0.15, 0.2) is 0 Å². The topological polar surface area (TPSA) is 61.4 Å². The highest BCUT2D eigenvalue weighted by Crippen LogP contribution is 2.39. The van der Waals surface area contributed by atoms with Crippen molar-refractivity contribution in [3.63, 3.8) is 0 Å². The lowest BCUT2D eigenvalue weighted by molar-refractivity contribution is -0.122. The zero-order valence-electron chi connectivity index (χ0n) is 8.97. The van der Waals surface area contributed by atoms with Crippen LogP contribution in [0.3, 0.4) is 0 Å². The molecule has 1 saturated carbocycles. The molecular formula is C10H20N2O2. The lowest BCUT2D eigenvalue weighted by Gasteiger charge is -2.42. The second-order valence-electron chi connectivity index (χ2n) is 4.74. The van der Waals surface area contributed by atoms with E-state index in [1.807, 2.05) is 0 Å². The standard InChI is InChI=1S/C10H20N2O2/c1-10(2)5-8(6-10)12-9(14)7-11-3-4-13/h8,11,13H,3-7H2,1-2H3,(H,12,14). The van der Waals surface area contributed by atoms with Crippen molar-refractivity contribution in [2.75, 3.05) is 19.7 Å². The molecule has 3 N–H and O–H groups in total. The predicted octanol–water partition coefficient (Wildman–Crippen LogP) is -0.127. The van der Waals surface area contributed by atoms with Crippen LogP contribution in [0, 0.1) is 5.41 Å². The molecule has 0 aliphatic heterocycles. The SMILES string of the molecule is CC1(C)CC(NC(=O)CNCCO)C1. The summed E-state index contributed by atoms with van der Waals surface area (Å²) in [4.78, 5) is 11.3. The van der Waals surface area contributed by atoms with Crippen molar-refractivity contribution in [3.8, 4) is 0 Å². The van der Waals surface area contributed by atoms with E-state index in [0.717, 1.165) is 12.8 Å². The zero-order chi connectivity index (χ0) is 10.6. The third-order valence-corrected chi connectivity index (χ3v) is 2.54. The minimum atomic E-state index is 0.0268. The molecule has 0 aromatic heterocycles. The van der Waals surface area contributed by atoms with Gasteiger partial charge in [0.1, 0.15) is 0 Å². The smallest absolute Gasteiger partial charge is 0.234 e. The van der Waals surface area contributed by atoms with Gasteiger partial charge in [0.2, 0.25) is 5.91 Å². The molecule has 14 heavy (non-hydrogen) atoms. The van der Waals surface area contributed by atoms with Gasteiger partial charge in [0.05, 0.1) is 13.2 Å². The molecule has 0 atom stereocenters. The molecule has 0 spiro atoms. The molecule has 1 amide bonds. The summed E-state index contributed by atoms with van der Waals surface area (Å²) in [5.74, 6) is 0.0268. The molecule has 1 aliphatic rings. The van der Waals surface area contributed by atoms with E-state index >= 15 is 0 Å². The van der Waals surface area contributed by atoms with E-state index in [4.69, 9.17) is 5.11 Å². The molecule has 0 radical (unpaired) electrons. The molecular weight excluding hydrogens is 180 g/mol. The Morgan fingerprint density at radius 1 is 1.50 bits per heavy atom. The summed E-state index contributed by atoms with van der Waals surface area (Å²) in [6.07, 6.45) is 2.14. The first-order chi connectivity index (χ1) is 6.53. The summed E-state index contributed by atoms with van der Waals surface area (Å²) in [5, 5.41) is 14.3. The highest BCUT2D eigenvalue weighted by Gasteiger charge is 2.36. The van der Waals surface area contributed by atoms with Crippen molar-refractivity contribution >= 4 is 5.91 Å². The van der Waals surface area contributed by atoms with E-state index in [2.05, 4.69) is 24.5 Å². The van der Waals surface area contributed by atoms with Crippen molar-refractivity contribution in [2.45, 2.75) is 32.7 Å². The summed E-state index contributed by atoms with van der Waals surface area (Å²) in [7, 11) is 0. The quantitative estimate of drug-likeness (QED) is 0.542. The van der Waals surface area contributed by atoms with Gasteiger partial charge in [-0.3, -0.25) is 4.79 Å². The maximum Gasteiger partial charge on any atom is 0.234 e. The van der Waals surface area contributed by atoms with E-state index in [0.29, 0.717) is 24.5 Å². The molecule has 0 heterocycles. The molecule has 1 rings (SSSR count). The Morgan fingerprint density at radius 2 is 2.14 bits per heavy atom. The van der Waals surface area contributed by atoms with Gasteiger partial charge in [0.25, 0.3) is 0 Å². The Balaban J connectivity index is 2.05. The Kier molecular flexibility index (Phi) is 3.89. The number of carbonyl (C=O) groups is 1. The van der Waals surface area contributed by atoms with E-state index in [1.54, 1.807) is 0 Å². The Labute approximate surface area is 85.1 Å². The first kappa shape index (κ1) is 11.5. The van der Waals surface area contributed by atoms with E-state index in [1.165, 1.54) is 0 Å². The van der Waals surface area contributed by atoms with Crippen LogP contribution in [0.4, 0.5) is 0 Å². The average Bonchev–Trinajstić information content (AvgIpc) is 2.01. The van der Waals surface area contributed by atoms with Gasteiger partial charge in [-0.05, 0) is 18.3 Å². The van der Waals surface area contributed by atoms with Crippen molar-refractivity contribution in [1.29, 1.82) is 0 Å². The van der Waals surface area contributed by atoms with Crippen molar-refractivity contribution < 1.29 is 9.90 Å². The molecule has 0 saturated heterocycles. The number of amides is 1. The van der Waals surface area contributed by atoms with Crippen LogP contribution in [-0.2, 0) is 4.79 Å². The van der Waals surface area contributed by atoms with Gasteiger partial charge in [0, 0.05) is 12.6 Å². The fraction of sp³-hybridized carbons (Fsp3) is 0.900. The Bertz CT molecular complexity index is 196. The maximum atomic E-state index is 11.3. The summed E-state index contributed by atoms with van der Waals surface area (Å²) in [6.45, 7) is 5.27. The number of rotatable bonds is 5. The lowest BCUT2D eigenvalue weighted by atomic mass is 9.68. The predicted molar refractivity (Wildman–Crippen MR) is 54.9 cm³/mol.